The molecule has 1 aliphatic heterocycles. The quantitative estimate of drug-likeness (QED) is 0.770. The molecule has 2 atom stereocenters. The van der Waals surface area contributed by atoms with Gasteiger partial charge in [-0.25, -0.2) is 4.39 Å². The molecule has 1 aromatic rings. The summed E-state index contributed by atoms with van der Waals surface area (Å²) in [5.41, 5.74) is 0.875. The normalized spacial score (nSPS) is 19.8. The van der Waals surface area contributed by atoms with Crippen LogP contribution in [0.5, 0.6) is 0 Å². The van der Waals surface area contributed by atoms with Gasteiger partial charge in [0.2, 0.25) is 0 Å². The molecule has 1 N–H and O–H groups in total. The number of hydrogen-bond acceptors (Lipinski definition) is 2. The number of piperazine rings is 1. The SMILES string of the molecule is CCCC(C)[C@H](c1cc(I)ccc1F)N1CCNCC1. The Morgan fingerprint density at radius 1 is 1.35 bits per heavy atom. The largest absolute Gasteiger partial charge is 0.314 e. The minimum absolute atomic E-state index is 0.0584. The standard InChI is InChI=1S/C16H24FIN2/c1-3-4-12(2)16(20-9-7-19-8-10-20)14-11-13(18)5-6-15(14)17/h5-6,11-12,16,19H,3-4,7-10H2,1-2H3/t12?,16-/m1/s1. The Morgan fingerprint density at radius 3 is 2.70 bits per heavy atom. The van der Waals surface area contributed by atoms with Crippen molar-refractivity contribution in [1.82, 2.24) is 10.2 Å². The molecule has 4 heteroatoms. The van der Waals surface area contributed by atoms with E-state index < -0.39 is 0 Å². The van der Waals surface area contributed by atoms with E-state index in [0.717, 1.165) is 48.2 Å². The summed E-state index contributed by atoms with van der Waals surface area (Å²) in [6.45, 7) is 8.47. The van der Waals surface area contributed by atoms with Gasteiger partial charge < -0.3 is 5.32 Å². The zero-order valence-corrected chi connectivity index (χ0v) is 14.5. The Hall–Kier alpha value is -0.200. The lowest BCUT2D eigenvalue weighted by Gasteiger charge is -2.39. The van der Waals surface area contributed by atoms with Crippen LogP contribution in [0, 0.1) is 15.3 Å². The molecule has 0 amide bonds. The molecule has 1 unspecified atom stereocenters. The van der Waals surface area contributed by atoms with Crippen molar-refractivity contribution in [1.29, 1.82) is 0 Å². The molecule has 0 aliphatic carbocycles. The predicted octanol–water partition coefficient (Wildman–Crippen LogP) is 3.81. The molecule has 0 spiro atoms. The number of benzene rings is 1. The fourth-order valence-corrected chi connectivity index (χ4v) is 3.69. The minimum atomic E-state index is -0.0584. The predicted molar refractivity (Wildman–Crippen MR) is 90.4 cm³/mol. The van der Waals surface area contributed by atoms with Gasteiger partial charge in [0.15, 0.2) is 0 Å². The summed E-state index contributed by atoms with van der Waals surface area (Å²) < 4.78 is 15.4. The van der Waals surface area contributed by atoms with Gasteiger partial charge in [-0.3, -0.25) is 4.90 Å². The van der Waals surface area contributed by atoms with Crippen LogP contribution >= 0.6 is 22.6 Å². The monoisotopic (exact) mass is 390 g/mol. The highest BCUT2D eigenvalue weighted by Crippen LogP contribution is 2.34. The lowest BCUT2D eigenvalue weighted by atomic mass is 9.89. The zero-order chi connectivity index (χ0) is 14.5. The zero-order valence-electron chi connectivity index (χ0n) is 12.3. The van der Waals surface area contributed by atoms with Crippen LogP contribution in [-0.4, -0.2) is 31.1 Å². The maximum absolute atomic E-state index is 14.3. The number of halogens is 2. The van der Waals surface area contributed by atoms with Crippen molar-refractivity contribution in [2.45, 2.75) is 32.7 Å². The van der Waals surface area contributed by atoms with E-state index in [0.29, 0.717) is 5.92 Å². The van der Waals surface area contributed by atoms with E-state index in [1.807, 2.05) is 12.1 Å². The third kappa shape index (κ3) is 3.92. The molecule has 1 aromatic carbocycles. The lowest BCUT2D eigenvalue weighted by molar-refractivity contribution is 0.123. The topological polar surface area (TPSA) is 15.3 Å². The maximum atomic E-state index is 14.3. The number of hydrogen-bond donors (Lipinski definition) is 1. The molecular weight excluding hydrogens is 366 g/mol. The molecule has 0 bridgehead atoms. The average molecular weight is 390 g/mol. The first-order chi connectivity index (χ1) is 9.63. The van der Waals surface area contributed by atoms with Gasteiger partial charge in [0.25, 0.3) is 0 Å². The Bertz CT molecular complexity index is 432. The third-order valence-corrected chi connectivity index (χ3v) is 4.78. The van der Waals surface area contributed by atoms with Crippen molar-refractivity contribution >= 4 is 22.6 Å². The van der Waals surface area contributed by atoms with Gasteiger partial charge in [-0.2, -0.15) is 0 Å². The van der Waals surface area contributed by atoms with Crippen LogP contribution < -0.4 is 5.32 Å². The summed E-state index contributed by atoms with van der Waals surface area (Å²) in [6, 6.07) is 5.69. The first-order valence-corrected chi connectivity index (χ1v) is 8.61. The van der Waals surface area contributed by atoms with E-state index in [1.54, 1.807) is 6.07 Å². The molecule has 0 aromatic heterocycles. The van der Waals surface area contributed by atoms with Crippen molar-refractivity contribution < 1.29 is 4.39 Å². The maximum Gasteiger partial charge on any atom is 0.128 e. The van der Waals surface area contributed by atoms with Crippen LogP contribution in [0.4, 0.5) is 4.39 Å². The van der Waals surface area contributed by atoms with Crippen LogP contribution in [0.3, 0.4) is 0 Å². The summed E-state index contributed by atoms with van der Waals surface area (Å²) in [7, 11) is 0. The molecule has 112 valence electrons. The molecule has 1 heterocycles. The van der Waals surface area contributed by atoms with Crippen molar-refractivity contribution in [2.24, 2.45) is 5.92 Å². The first kappa shape index (κ1) is 16.2. The Labute approximate surface area is 135 Å². The number of nitrogens with zero attached hydrogens (tertiary/aromatic N) is 1. The second-order valence-electron chi connectivity index (χ2n) is 5.66. The van der Waals surface area contributed by atoms with Crippen LogP contribution in [0.1, 0.15) is 38.3 Å². The average Bonchev–Trinajstić information content (AvgIpc) is 2.44. The van der Waals surface area contributed by atoms with E-state index in [9.17, 15) is 4.39 Å². The van der Waals surface area contributed by atoms with E-state index in [4.69, 9.17) is 0 Å². The fourth-order valence-electron chi connectivity index (χ4n) is 3.18. The number of nitrogens with one attached hydrogen (secondary N) is 1. The van der Waals surface area contributed by atoms with Gasteiger partial charge in [0.05, 0.1) is 0 Å². The van der Waals surface area contributed by atoms with Crippen LogP contribution in [0.15, 0.2) is 18.2 Å². The van der Waals surface area contributed by atoms with Crippen molar-refractivity contribution in [3.63, 3.8) is 0 Å². The van der Waals surface area contributed by atoms with Crippen molar-refractivity contribution in [3.05, 3.63) is 33.1 Å². The van der Waals surface area contributed by atoms with Gasteiger partial charge in [-0.05, 0) is 53.1 Å². The molecule has 0 radical (unpaired) electrons. The molecule has 1 saturated heterocycles. The summed E-state index contributed by atoms with van der Waals surface area (Å²) in [4.78, 5) is 2.45. The second-order valence-corrected chi connectivity index (χ2v) is 6.91. The van der Waals surface area contributed by atoms with Gasteiger partial charge in [-0.15, -0.1) is 0 Å². The molecule has 1 aliphatic rings. The van der Waals surface area contributed by atoms with Crippen molar-refractivity contribution in [3.8, 4) is 0 Å². The summed E-state index contributed by atoms with van der Waals surface area (Å²) in [5, 5.41) is 3.38. The van der Waals surface area contributed by atoms with Gasteiger partial charge in [0, 0.05) is 41.4 Å². The summed E-state index contributed by atoms with van der Waals surface area (Å²) in [6.07, 6.45) is 2.29. The van der Waals surface area contributed by atoms with Gasteiger partial charge in [-0.1, -0.05) is 20.3 Å². The number of rotatable bonds is 5. The van der Waals surface area contributed by atoms with Crippen molar-refractivity contribution in [2.75, 3.05) is 26.2 Å². The highest BCUT2D eigenvalue weighted by molar-refractivity contribution is 14.1. The first-order valence-electron chi connectivity index (χ1n) is 7.53. The molecule has 0 saturated carbocycles. The lowest BCUT2D eigenvalue weighted by Crippen LogP contribution is -2.46. The van der Waals surface area contributed by atoms with Gasteiger partial charge in [0.1, 0.15) is 5.82 Å². The molecular formula is C16H24FIN2. The highest BCUT2D eigenvalue weighted by atomic mass is 127. The smallest absolute Gasteiger partial charge is 0.128 e. The highest BCUT2D eigenvalue weighted by Gasteiger charge is 2.29. The van der Waals surface area contributed by atoms with Gasteiger partial charge >= 0.3 is 0 Å². The molecule has 2 rings (SSSR count). The third-order valence-electron chi connectivity index (χ3n) is 4.10. The van der Waals surface area contributed by atoms with E-state index in [1.165, 1.54) is 0 Å². The molecule has 1 fully saturated rings. The van der Waals surface area contributed by atoms with Crippen LogP contribution in [-0.2, 0) is 0 Å². The van der Waals surface area contributed by atoms with E-state index in [2.05, 4.69) is 46.7 Å². The van der Waals surface area contributed by atoms with E-state index in [-0.39, 0.29) is 11.9 Å². The Morgan fingerprint density at radius 2 is 2.05 bits per heavy atom. The van der Waals surface area contributed by atoms with Crippen LogP contribution in [0.25, 0.3) is 0 Å². The minimum Gasteiger partial charge on any atom is -0.314 e. The Kier molecular flexibility index (Phi) is 6.23. The summed E-state index contributed by atoms with van der Waals surface area (Å²) >= 11 is 2.27. The molecule has 2 nitrogen and oxygen atoms in total. The molecule has 20 heavy (non-hydrogen) atoms. The summed E-state index contributed by atoms with van der Waals surface area (Å²) in [5.74, 6) is 0.419. The van der Waals surface area contributed by atoms with Crippen LogP contribution in [0.2, 0.25) is 0 Å². The Balaban J connectivity index is 2.31. The van der Waals surface area contributed by atoms with E-state index >= 15 is 0 Å². The second kappa shape index (κ2) is 7.71. The fraction of sp³-hybridized carbons (Fsp3) is 0.625.